The van der Waals surface area contributed by atoms with Crippen LogP contribution in [-0.2, 0) is 9.22 Å². The monoisotopic (exact) mass is 488 g/mol. The Morgan fingerprint density at radius 2 is 1.47 bits per heavy atom. The van der Waals surface area contributed by atoms with Crippen LogP contribution in [0.4, 0.5) is 0 Å². The first-order chi connectivity index (χ1) is 16.3. The molecule has 4 aliphatic carbocycles. The Bertz CT molecular complexity index is 669. The molecule has 0 bridgehead atoms. The molecule has 196 valence electrons. The van der Waals surface area contributed by atoms with E-state index in [-0.39, 0.29) is 5.41 Å². The molecule has 0 heterocycles. The van der Waals surface area contributed by atoms with Gasteiger partial charge in [-0.2, -0.15) is 0 Å². The van der Waals surface area contributed by atoms with Crippen LogP contribution >= 0.6 is 0 Å². The minimum atomic E-state index is -1.63. The van der Waals surface area contributed by atoms with E-state index in [0.717, 1.165) is 24.2 Å². The minimum Gasteiger partial charge on any atom is -0.414 e. The van der Waals surface area contributed by atoms with E-state index >= 15 is 0 Å². The third-order valence-electron chi connectivity index (χ3n) is 11.7. The summed E-state index contributed by atoms with van der Waals surface area (Å²) in [5, 5.41) is 0. The molecule has 0 radical (unpaired) electrons. The lowest BCUT2D eigenvalue weighted by atomic mass is 9.45. The summed E-state index contributed by atoms with van der Waals surface area (Å²) < 4.78 is 7.41. The van der Waals surface area contributed by atoms with Gasteiger partial charge in [-0.25, -0.2) is 0 Å². The summed E-state index contributed by atoms with van der Waals surface area (Å²) in [7, 11) is -1.63. The summed E-state index contributed by atoms with van der Waals surface area (Å²) in [5.41, 5.74) is 0.518. The van der Waals surface area contributed by atoms with E-state index in [9.17, 15) is 4.79 Å². The Labute approximate surface area is 212 Å². The molecule has 2 nitrogen and oxygen atoms in total. The molecule has 0 aliphatic heterocycles. The van der Waals surface area contributed by atoms with Gasteiger partial charge >= 0.3 is 0 Å². The van der Waals surface area contributed by atoms with E-state index in [4.69, 9.17) is 4.43 Å². The van der Waals surface area contributed by atoms with Crippen LogP contribution in [-0.4, -0.2) is 20.2 Å². The van der Waals surface area contributed by atoms with Gasteiger partial charge in [0.1, 0.15) is 5.78 Å². The van der Waals surface area contributed by atoms with Crippen LogP contribution in [0, 0.1) is 34.5 Å². The molecular weight excluding hydrogens is 432 g/mol. The molecule has 0 spiro atoms. The number of carbonyl (C=O) groups excluding carboxylic acids is 1. The van der Waals surface area contributed by atoms with Crippen LogP contribution in [0.5, 0.6) is 0 Å². The van der Waals surface area contributed by atoms with Gasteiger partial charge in [-0.3, -0.25) is 4.79 Å². The third-order valence-corrected chi connectivity index (χ3v) is 16.3. The molecule has 0 unspecified atom stereocenters. The van der Waals surface area contributed by atoms with Crippen LogP contribution in [0.1, 0.15) is 131 Å². The highest BCUT2D eigenvalue weighted by Gasteiger charge is 2.60. The number of fused-ring (bicyclic) bond motifs is 5. The average molecular weight is 489 g/mol. The number of unbranched alkanes of at least 4 members (excludes halogenated alkanes) is 3. The molecule has 4 aliphatic rings. The van der Waals surface area contributed by atoms with Gasteiger partial charge in [0.15, 0.2) is 8.32 Å². The van der Waals surface area contributed by atoms with Gasteiger partial charge in [-0.05, 0) is 98.6 Å². The quantitative estimate of drug-likeness (QED) is 0.271. The molecule has 3 heteroatoms. The minimum absolute atomic E-state index is 0.0215. The Morgan fingerprint density at radius 3 is 2.09 bits per heavy atom. The molecule has 7 atom stereocenters. The lowest BCUT2D eigenvalue weighted by Gasteiger charge is -2.60. The van der Waals surface area contributed by atoms with Crippen molar-refractivity contribution in [1.82, 2.24) is 0 Å². The van der Waals surface area contributed by atoms with Gasteiger partial charge < -0.3 is 4.43 Å². The van der Waals surface area contributed by atoms with Crippen LogP contribution in [0.15, 0.2) is 0 Å². The number of rotatable bonds is 11. The van der Waals surface area contributed by atoms with Crippen molar-refractivity contribution in [1.29, 1.82) is 0 Å². The third kappa shape index (κ3) is 5.00. The molecule has 0 N–H and O–H groups in total. The predicted octanol–water partition coefficient (Wildman–Crippen LogP) is 9.33. The molecule has 4 fully saturated rings. The Hall–Kier alpha value is -0.153. The van der Waals surface area contributed by atoms with E-state index in [1.165, 1.54) is 108 Å². The molecule has 0 aromatic heterocycles. The predicted molar refractivity (Wildman–Crippen MR) is 147 cm³/mol. The van der Waals surface area contributed by atoms with Crippen molar-refractivity contribution in [3.8, 4) is 0 Å². The smallest absolute Gasteiger partial charge is 0.193 e. The number of hydrogen-bond acceptors (Lipinski definition) is 2. The highest BCUT2D eigenvalue weighted by molar-refractivity contribution is 6.73. The van der Waals surface area contributed by atoms with Crippen molar-refractivity contribution in [2.75, 3.05) is 0 Å². The molecule has 34 heavy (non-hydrogen) atoms. The van der Waals surface area contributed by atoms with Crippen LogP contribution in [0.2, 0.25) is 18.1 Å². The number of carbonyl (C=O) groups is 1. The maximum Gasteiger partial charge on any atom is 0.193 e. The van der Waals surface area contributed by atoms with Crippen molar-refractivity contribution in [2.45, 2.75) is 155 Å². The van der Waals surface area contributed by atoms with Crippen molar-refractivity contribution in [3.63, 3.8) is 0 Å². The SMILES string of the molecule is CCCC[Si](CCCC)(CCCC)O[C@@H]1CC[C@@]2(C)[C@@H](CC[C@@H]3[C@@H]2CC[C@]2(C)C(=O)CC[C@@H]32)C1. The van der Waals surface area contributed by atoms with E-state index in [1.807, 2.05) is 0 Å². The highest BCUT2D eigenvalue weighted by Crippen LogP contribution is 2.65. The summed E-state index contributed by atoms with van der Waals surface area (Å²) in [6.45, 7) is 12.1. The Balaban J connectivity index is 1.45. The molecule has 0 aromatic rings. The first-order valence-electron chi connectivity index (χ1n) is 15.5. The highest BCUT2D eigenvalue weighted by atomic mass is 28.4. The number of hydrogen-bond donors (Lipinski definition) is 0. The van der Waals surface area contributed by atoms with E-state index in [1.54, 1.807) is 0 Å². The van der Waals surface area contributed by atoms with Gasteiger partial charge in [0.2, 0.25) is 0 Å². The second kappa shape index (κ2) is 11.1. The van der Waals surface area contributed by atoms with Crippen LogP contribution in [0.3, 0.4) is 0 Å². The van der Waals surface area contributed by atoms with Crippen molar-refractivity contribution >= 4 is 14.1 Å². The molecule has 4 rings (SSSR count). The lowest BCUT2D eigenvalue weighted by Crippen LogP contribution is -2.55. The largest absolute Gasteiger partial charge is 0.414 e. The summed E-state index contributed by atoms with van der Waals surface area (Å²) in [4.78, 5) is 12.8. The molecule has 0 amide bonds. The standard InChI is InChI=1S/C31H56O2Si/c1-6-9-20-34(21-10-7-2,22-11-8-3)33-25-16-18-30(4)24(23-25)12-13-26-27-14-15-29(32)31(27,5)19-17-28(26)30/h24-28H,6-23H2,1-5H3/t24-,25+,26-,27-,28-,30-,31-/m0/s1. The lowest BCUT2D eigenvalue weighted by molar-refractivity contribution is -0.141. The summed E-state index contributed by atoms with van der Waals surface area (Å²) in [5.74, 6) is 3.80. The van der Waals surface area contributed by atoms with E-state index in [0.29, 0.717) is 23.2 Å². The fourth-order valence-corrected chi connectivity index (χ4v) is 14.5. The van der Waals surface area contributed by atoms with E-state index in [2.05, 4.69) is 34.6 Å². The maximum atomic E-state index is 12.8. The Morgan fingerprint density at radius 1 is 0.824 bits per heavy atom. The van der Waals surface area contributed by atoms with Gasteiger partial charge in [0.25, 0.3) is 0 Å². The second-order valence-electron chi connectivity index (χ2n) is 13.6. The zero-order valence-electron chi connectivity index (χ0n) is 23.4. The van der Waals surface area contributed by atoms with Crippen molar-refractivity contribution in [2.24, 2.45) is 34.5 Å². The molecule has 0 aromatic carbocycles. The fraction of sp³-hybridized carbons (Fsp3) is 0.968. The van der Waals surface area contributed by atoms with Crippen LogP contribution < -0.4 is 0 Å². The Kier molecular flexibility index (Phi) is 8.76. The summed E-state index contributed by atoms with van der Waals surface area (Å²) in [6.07, 6.45) is 19.9. The average Bonchev–Trinajstić information content (AvgIpc) is 3.14. The number of ketones is 1. The first kappa shape index (κ1) is 26.9. The summed E-state index contributed by atoms with van der Waals surface area (Å²) >= 11 is 0. The van der Waals surface area contributed by atoms with Gasteiger partial charge in [0, 0.05) is 17.9 Å². The molecular formula is C31H56O2Si. The fourth-order valence-electron chi connectivity index (χ4n) is 9.50. The zero-order valence-corrected chi connectivity index (χ0v) is 24.4. The summed E-state index contributed by atoms with van der Waals surface area (Å²) in [6, 6.07) is 4.21. The molecule has 0 saturated heterocycles. The maximum absolute atomic E-state index is 12.8. The first-order valence-corrected chi connectivity index (χ1v) is 18.1. The zero-order chi connectivity index (χ0) is 24.4. The van der Waals surface area contributed by atoms with Gasteiger partial charge in [-0.1, -0.05) is 73.1 Å². The van der Waals surface area contributed by atoms with Gasteiger partial charge in [0.05, 0.1) is 0 Å². The molecule has 4 saturated carbocycles. The van der Waals surface area contributed by atoms with Crippen molar-refractivity contribution in [3.05, 3.63) is 0 Å². The van der Waals surface area contributed by atoms with Crippen molar-refractivity contribution < 1.29 is 9.22 Å². The topological polar surface area (TPSA) is 26.3 Å². The van der Waals surface area contributed by atoms with Crippen LogP contribution in [0.25, 0.3) is 0 Å². The van der Waals surface area contributed by atoms with Gasteiger partial charge in [-0.15, -0.1) is 0 Å². The number of Topliss-reactive ketones (excluding diaryl/α,β-unsaturated/α-hetero) is 1. The second-order valence-corrected chi connectivity index (χ2v) is 17.7. The van der Waals surface area contributed by atoms with E-state index < -0.39 is 8.32 Å². The normalized spacial score (nSPS) is 40.0.